The summed E-state index contributed by atoms with van der Waals surface area (Å²) in [6, 6.07) is 11.9. The number of aryl methyl sites for hydroxylation is 2. The predicted molar refractivity (Wildman–Crippen MR) is 117 cm³/mol. The van der Waals surface area contributed by atoms with Crippen LogP contribution in [0.1, 0.15) is 24.5 Å². The maximum Gasteiger partial charge on any atom is 0.244 e. The first kappa shape index (κ1) is 22.0. The second-order valence-electron chi connectivity index (χ2n) is 7.49. The normalized spacial score (nSPS) is 16.6. The number of para-hydroxylation sites is 2. The van der Waals surface area contributed by atoms with E-state index in [9.17, 15) is 13.2 Å². The summed E-state index contributed by atoms with van der Waals surface area (Å²) in [6.07, 6.45) is 1.10. The maximum atomic E-state index is 13.0. The van der Waals surface area contributed by atoms with Crippen LogP contribution in [-0.4, -0.2) is 45.9 Å². The number of anilines is 1. The minimum Gasteiger partial charge on any atom is -0.486 e. The Labute approximate surface area is 178 Å². The van der Waals surface area contributed by atoms with Gasteiger partial charge in [0, 0.05) is 0 Å². The molecular formula is C22H28N2O5S. The van der Waals surface area contributed by atoms with Gasteiger partial charge < -0.3 is 14.8 Å². The van der Waals surface area contributed by atoms with Gasteiger partial charge in [0.2, 0.25) is 15.9 Å². The molecule has 1 aliphatic rings. The average Bonchev–Trinajstić information content (AvgIpc) is 2.71. The van der Waals surface area contributed by atoms with E-state index >= 15 is 0 Å². The van der Waals surface area contributed by atoms with E-state index in [1.807, 2.05) is 44.2 Å². The van der Waals surface area contributed by atoms with Gasteiger partial charge in [0.05, 0.1) is 18.5 Å². The van der Waals surface area contributed by atoms with Crippen LogP contribution < -0.4 is 19.1 Å². The van der Waals surface area contributed by atoms with Crippen LogP contribution in [-0.2, 0) is 14.8 Å². The molecule has 0 spiro atoms. The lowest BCUT2D eigenvalue weighted by molar-refractivity contribution is -0.122. The Bertz CT molecular complexity index is 1020. The molecule has 1 amide bonds. The van der Waals surface area contributed by atoms with Crippen molar-refractivity contribution in [1.29, 1.82) is 0 Å². The number of rotatable bonds is 7. The van der Waals surface area contributed by atoms with Gasteiger partial charge in [-0.1, -0.05) is 25.1 Å². The molecule has 0 aliphatic carbocycles. The second-order valence-corrected chi connectivity index (χ2v) is 9.35. The van der Waals surface area contributed by atoms with Crippen molar-refractivity contribution in [2.75, 3.05) is 23.7 Å². The van der Waals surface area contributed by atoms with Gasteiger partial charge in [0.15, 0.2) is 11.5 Å². The fourth-order valence-corrected chi connectivity index (χ4v) is 4.62. The van der Waals surface area contributed by atoms with Crippen molar-refractivity contribution in [3.05, 3.63) is 53.6 Å². The molecule has 0 fully saturated rings. The van der Waals surface area contributed by atoms with E-state index in [4.69, 9.17) is 9.47 Å². The zero-order valence-electron chi connectivity index (χ0n) is 17.7. The summed E-state index contributed by atoms with van der Waals surface area (Å²) in [5, 5.41) is 2.83. The van der Waals surface area contributed by atoms with E-state index in [0.717, 1.165) is 17.4 Å². The Balaban J connectivity index is 1.74. The van der Waals surface area contributed by atoms with Gasteiger partial charge in [-0.3, -0.25) is 9.10 Å². The van der Waals surface area contributed by atoms with Crippen molar-refractivity contribution in [1.82, 2.24) is 5.32 Å². The van der Waals surface area contributed by atoms with Gasteiger partial charge in [0.1, 0.15) is 18.8 Å². The maximum absolute atomic E-state index is 13.0. The number of sulfonamides is 1. The highest BCUT2D eigenvalue weighted by molar-refractivity contribution is 7.92. The number of carbonyl (C=O) groups is 1. The zero-order chi connectivity index (χ0) is 21.9. The van der Waals surface area contributed by atoms with Crippen molar-refractivity contribution in [3.63, 3.8) is 0 Å². The summed E-state index contributed by atoms with van der Waals surface area (Å²) in [5.41, 5.74) is 2.50. The zero-order valence-corrected chi connectivity index (χ0v) is 18.5. The third-order valence-electron chi connectivity index (χ3n) is 5.15. The van der Waals surface area contributed by atoms with Crippen molar-refractivity contribution in [2.45, 2.75) is 39.3 Å². The standard InChI is InChI=1S/C22H28N2O5S/c1-5-19(24(30(4,26)27)17-11-10-15(2)16(3)12-17)22(25)23-13-18-14-28-20-8-6-7-9-21(20)29-18/h6-12,18-19H,5,13-14H2,1-4H3,(H,23,25)/t18-,19+/m0/s1. The lowest BCUT2D eigenvalue weighted by Crippen LogP contribution is -2.51. The number of hydrogen-bond acceptors (Lipinski definition) is 5. The predicted octanol–water partition coefficient (Wildman–Crippen LogP) is 2.80. The van der Waals surface area contributed by atoms with Crippen molar-refractivity contribution < 1.29 is 22.7 Å². The lowest BCUT2D eigenvalue weighted by Gasteiger charge is -2.31. The van der Waals surface area contributed by atoms with E-state index in [1.54, 1.807) is 19.1 Å². The lowest BCUT2D eigenvalue weighted by atomic mass is 10.1. The molecule has 0 radical (unpaired) electrons. The molecule has 2 atom stereocenters. The van der Waals surface area contributed by atoms with Gasteiger partial charge >= 0.3 is 0 Å². The molecule has 7 nitrogen and oxygen atoms in total. The average molecular weight is 433 g/mol. The van der Waals surface area contributed by atoms with E-state index in [1.165, 1.54) is 4.31 Å². The van der Waals surface area contributed by atoms with Crippen LogP contribution in [0.2, 0.25) is 0 Å². The Morgan fingerprint density at radius 1 is 1.17 bits per heavy atom. The Morgan fingerprint density at radius 3 is 2.50 bits per heavy atom. The molecule has 2 aromatic carbocycles. The summed E-state index contributed by atoms with van der Waals surface area (Å²) in [5.74, 6) is 0.927. The number of ether oxygens (including phenoxy) is 2. The minimum atomic E-state index is -3.67. The monoisotopic (exact) mass is 432 g/mol. The van der Waals surface area contributed by atoms with Crippen molar-refractivity contribution in [2.24, 2.45) is 0 Å². The Hall–Kier alpha value is -2.74. The molecule has 8 heteroatoms. The number of nitrogens with one attached hydrogen (secondary N) is 1. The van der Waals surface area contributed by atoms with Crippen molar-refractivity contribution in [3.8, 4) is 11.5 Å². The number of carbonyl (C=O) groups excluding carboxylic acids is 1. The molecule has 30 heavy (non-hydrogen) atoms. The first-order chi connectivity index (χ1) is 14.2. The molecule has 2 aromatic rings. The number of amides is 1. The molecule has 0 saturated heterocycles. The van der Waals surface area contributed by atoms with Gasteiger partial charge in [0.25, 0.3) is 0 Å². The first-order valence-corrected chi connectivity index (χ1v) is 11.8. The number of nitrogens with zero attached hydrogens (tertiary/aromatic N) is 1. The van der Waals surface area contributed by atoms with E-state index in [0.29, 0.717) is 30.2 Å². The summed E-state index contributed by atoms with van der Waals surface area (Å²) >= 11 is 0. The largest absolute Gasteiger partial charge is 0.486 e. The Kier molecular flexibility index (Phi) is 6.55. The van der Waals surface area contributed by atoms with Gasteiger partial charge in [-0.15, -0.1) is 0 Å². The van der Waals surface area contributed by atoms with E-state index in [-0.39, 0.29) is 18.6 Å². The van der Waals surface area contributed by atoms with Gasteiger partial charge in [-0.05, 0) is 55.7 Å². The molecule has 1 N–H and O–H groups in total. The number of benzene rings is 2. The molecule has 0 aromatic heterocycles. The number of fused-ring (bicyclic) bond motifs is 1. The third-order valence-corrected chi connectivity index (χ3v) is 6.33. The third kappa shape index (κ3) is 4.87. The highest BCUT2D eigenvalue weighted by atomic mass is 32.2. The SMILES string of the molecule is CC[C@H](C(=O)NC[C@H]1COc2ccccc2O1)N(c1ccc(C)c(C)c1)S(C)(=O)=O. The molecule has 3 rings (SSSR count). The molecule has 0 unspecified atom stereocenters. The smallest absolute Gasteiger partial charge is 0.244 e. The molecular weight excluding hydrogens is 404 g/mol. The van der Waals surface area contributed by atoms with Crippen LogP contribution in [0.25, 0.3) is 0 Å². The summed E-state index contributed by atoms with van der Waals surface area (Å²) in [6.45, 7) is 6.19. The fourth-order valence-electron chi connectivity index (χ4n) is 3.42. The molecule has 0 bridgehead atoms. The number of hydrogen-bond donors (Lipinski definition) is 1. The summed E-state index contributed by atoms with van der Waals surface area (Å²) in [4.78, 5) is 13.0. The Morgan fingerprint density at radius 2 is 1.87 bits per heavy atom. The highest BCUT2D eigenvalue weighted by Gasteiger charge is 2.32. The molecule has 162 valence electrons. The van der Waals surface area contributed by atoms with Gasteiger partial charge in [-0.25, -0.2) is 8.42 Å². The fraction of sp³-hybridized carbons (Fsp3) is 0.409. The van der Waals surface area contributed by atoms with Crippen LogP contribution in [0.15, 0.2) is 42.5 Å². The van der Waals surface area contributed by atoms with Crippen LogP contribution >= 0.6 is 0 Å². The second kappa shape index (κ2) is 8.95. The summed E-state index contributed by atoms with van der Waals surface area (Å²) in [7, 11) is -3.67. The van der Waals surface area contributed by atoms with E-state index < -0.39 is 16.1 Å². The first-order valence-electron chi connectivity index (χ1n) is 9.93. The van der Waals surface area contributed by atoms with Gasteiger partial charge in [-0.2, -0.15) is 0 Å². The van der Waals surface area contributed by atoms with Crippen LogP contribution in [0, 0.1) is 13.8 Å². The topological polar surface area (TPSA) is 84.9 Å². The molecule has 1 heterocycles. The highest BCUT2D eigenvalue weighted by Crippen LogP contribution is 2.30. The molecule has 0 saturated carbocycles. The minimum absolute atomic E-state index is 0.216. The summed E-state index contributed by atoms with van der Waals surface area (Å²) < 4.78 is 37.9. The van der Waals surface area contributed by atoms with Crippen molar-refractivity contribution >= 4 is 21.6 Å². The van der Waals surface area contributed by atoms with Crippen LogP contribution in [0.4, 0.5) is 5.69 Å². The van der Waals surface area contributed by atoms with Crippen LogP contribution in [0.5, 0.6) is 11.5 Å². The van der Waals surface area contributed by atoms with Crippen LogP contribution in [0.3, 0.4) is 0 Å². The quantitative estimate of drug-likeness (QED) is 0.727. The molecule has 1 aliphatic heterocycles. The van der Waals surface area contributed by atoms with E-state index in [2.05, 4.69) is 5.32 Å².